The van der Waals surface area contributed by atoms with Gasteiger partial charge in [0.25, 0.3) is 0 Å². The van der Waals surface area contributed by atoms with Gasteiger partial charge in [-0.15, -0.1) is 6.58 Å². The Kier molecular flexibility index (Phi) is 6.94. The lowest BCUT2D eigenvalue weighted by Crippen LogP contribution is -3.14. The molecular weight excluding hydrogens is 274 g/mol. The number of ether oxygens (including phenoxy) is 1. The van der Waals surface area contributed by atoms with E-state index in [1.165, 1.54) is 37.0 Å². The highest BCUT2D eigenvalue weighted by atomic mass is 16.5. The van der Waals surface area contributed by atoms with Crippen LogP contribution < -0.4 is 9.64 Å². The number of hydrogen-bond donors (Lipinski definition) is 2. The van der Waals surface area contributed by atoms with E-state index in [0.717, 1.165) is 24.3 Å². The average molecular weight is 304 g/mol. The molecule has 0 radical (unpaired) electrons. The standard InChI is InChI=1S/C19H29NO2/c1-3-9-16-10-7-8-13-19(16)22-15-18(21)14-20(2)17-11-5-4-6-12-17/h3,7-8,10,13,17-18,21H,1,4-6,9,11-12,14-15H2,2H3/p+1/t18-/m1/s1. The van der Waals surface area contributed by atoms with Gasteiger partial charge in [0.1, 0.15) is 25.0 Å². The van der Waals surface area contributed by atoms with Crippen molar-refractivity contribution in [2.75, 3.05) is 20.2 Å². The van der Waals surface area contributed by atoms with Crippen molar-refractivity contribution in [1.82, 2.24) is 0 Å². The maximum Gasteiger partial charge on any atom is 0.137 e. The minimum Gasteiger partial charge on any atom is -0.490 e. The summed E-state index contributed by atoms with van der Waals surface area (Å²) in [5, 5.41) is 10.3. The largest absolute Gasteiger partial charge is 0.490 e. The molecule has 1 aromatic carbocycles. The lowest BCUT2D eigenvalue weighted by molar-refractivity contribution is -0.910. The van der Waals surface area contributed by atoms with Crippen LogP contribution in [0.5, 0.6) is 5.75 Å². The zero-order chi connectivity index (χ0) is 15.8. The van der Waals surface area contributed by atoms with Crippen LogP contribution in [0.25, 0.3) is 0 Å². The van der Waals surface area contributed by atoms with Crippen molar-refractivity contribution >= 4 is 0 Å². The number of quaternary nitrogens is 1. The maximum atomic E-state index is 10.3. The van der Waals surface area contributed by atoms with Gasteiger partial charge < -0.3 is 14.7 Å². The molecule has 0 heterocycles. The van der Waals surface area contributed by atoms with Gasteiger partial charge in [-0.05, 0) is 43.7 Å². The van der Waals surface area contributed by atoms with E-state index in [1.807, 2.05) is 30.3 Å². The van der Waals surface area contributed by atoms with Crippen molar-refractivity contribution in [3.8, 4) is 5.75 Å². The van der Waals surface area contributed by atoms with Crippen LogP contribution in [0.15, 0.2) is 36.9 Å². The molecule has 3 heteroatoms. The van der Waals surface area contributed by atoms with Gasteiger partial charge in [-0.25, -0.2) is 0 Å². The van der Waals surface area contributed by atoms with Gasteiger partial charge >= 0.3 is 0 Å². The Labute approximate surface area is 134 Å². The number of nitrogens with one attached hydrogen (secondary N) is 1. The molecule has 1 aromatic rings. The molecule has 0 aromatic heterocycles. The molecule has 1 saturated carbocycles. The van der Waals surface area contributed by atoms with Crippen LogP contribution in [0.4, 0.5) is 0 Å². The second-order valence-electron chi connectivity index (χ2n) is 6.45. The highest BCUT2D eigenvalue weighted by Gasteiger charge is 2.23. The van der Waals surface area contributed by atoms with Gasteiger partial charge in [-0.1, -0.05) is 30.7 Å². The summed E-state index contributed by atoms with van der Waals surface area (Å²) in [6.45, 7) is 4.89. The summed E-state index contributed by atoms with van der Waals surface area (Å²) in [7, 11) is 2.20. The van der Waals surface area contributed by atoms with Crippen LogP contribution in [0.2, 0.25) is 0 Å². The van der Waals surface area contributed by atoms with Gasteiger partial charge in [0.05, 0.1) is 13.1 Å². The van der Waals surface area contributed by atoms with Crippen LogP contribution in [0.3, 0.4) is 0 Å². The van der Waals surface area contributed by atoms with Crippen molar-refractivity contribution in [3.05, 3.63) is 42.5 Å². The molecule has 2 N–H and O–H groups in total. The van der Waals surface area contributed by atoms with Crippen molar-refractivity contribution in [2.45, 2.75) is 50.7 Å². The van der Waals surface area contributed by atoms with Crippen molar-refractivity contribution in [1.29, 1.82) is 0 Å². The number of para-hydroxylation sites is 1. The van der Waals surface area contributed by atoms with E-state index in [0.29, 0.717) is 12.6 Å². The first-order chi connectivity index (χ1) is 10.7. The fourth-order valence-corrected chi connectivity index (χ4v) is 3.35. The van der Waals surface area contributed by atoms with E-state index in [4.69, 9.17) is 4.74 Å². The number of likely N-dealkylation sites (N-methyl/N-ethyl adjacent to an activating group) is 1. The SMILES string of the molecule is C=CCc1ccccc1OC[C@H](O)C[NH+](C)C1CCCCC1. The van der Waals surface area contributed by atoms with Crippen LogP contribution >= 0.6 is 0 Å². The second-order valence-corrected chi connectivity index (χ2v) is 6.45. The van der Waals surface area contributed by atoms with Gasteiger partial charge in [-0.3, -0.25) is 0 Å². The number of hydrogen-bond acceptors (Lipinski definition) is 2. The number of benzene rings is 1. The predicted molar refractivity (Wildman–Crippen MR) is 90.5 cm³/mol. The summed E-state index contributed by atoms with van der Waals surface area (Å²) in [5.74, 6) is 0.858. The topological polar surface area (TPSA) is 33.9 Å². The van der Waals surface area contributed by atoms with Crippen LogP contribution in [-0.4, -0.2) is 37.5 Å². The summed E-state index contributed by atoms with van der Waals surface area (Å²) in [4.78, 5) is 1.44. The van der Waals surface area contributed by atoms with E-state index in [9.17, 15) is 5.11 Å². The molecule has 3 nitrogen and oxygen atoms in total. The van der Waals surface area contributed by atoms with Crippen LogP contribution in [-0.2, 0) is 6.42 Å². The molecular formula is C19H30NO2+. The minimum atomic E-state index is -0.418. The maximum absolute atomic E-state index is 10.3. The smallest absolute Gasteiger partial charge is 0.137 e. The van der Waals surface area contributed by atoms with Gasteiger partial charge in [0.2, 0.25) is 0 Å². The van der Waals surface area contributed by atoms with Gasteiger partial charge in [0, 0.05) is 0 Å². The first-order valence-electron chi connectivity index (χ1n) is 8.52. The molecule has 0 bridgehead atoms. The first kappa shape index (κ1) is 17.0. The van der Waals surface area contributed by atoms with Crippen molar-refractivity contribution in [2.24, 2.45) is 0 Å². The fraction of sp³-hybridized carbons (Fsp3) is 0.579. The Morgan fingerprint density at radius 3 is 2.77 bits per heavy atom. The number of aliphatic hydroxyl groups is 1. The minimum absolute atomic E-state index is 0.359. The molecule has 1 fully saturated rings. The van der Waals surface area contributed by atoms with Crippen LogP contribution in [0.1, 0.15) is 37.7 Å². The number of allylic oxidation sites excluding steroid dienone is 1. The van der Waals surface area contributed by atoms with Crippen LogP contribution in [0, 0.1) is 0 Å². The Balaban J connectivity index is 1.79. The Morgan fingerprint density at radius 2 is 2.05 bits per heavy atom. The number of aliphatic hydroxyl groups excluding tert-OH is 1. The summed E-state index contributed by atoms with van der Waals surface area (Å²) in [6, 6.07) is 8.68. The lowest BCUT2D eigenvalue weighted by Gasteiger charge is -2.29. The summed E-state index contributed by atoms with van der Waals surface area (Å²) in [6.07, 6.45) is 8.88. The molecule has 1 unspecified atom stereocenters. The Morgan fingerprint density at radius 1 is 1.32 bits per heavy atom. The molecule has 2 rings (SSSR count). The molecule has 0 amide bonds. The summed E-state index contributed by atoms with van der Waals surface area (Å²) in [5.41, 5.74) is 1.12. The van der Waals surface area contributed by atoms with E-state index >= 15 is 0 Å². The Hall–Kier alpha value is -1.32. The molecule has 1 aliphatic rings. The van der Waals surface area contributed by atoms with E-state index < -0.39 is 6.10 Å². The third kappa shape index (κ3) is 5.15. The van der Waals surface area contributed by atoms with Crippen molar-refractivity contribution in [3.63, 3.8) is 0 Å². The number of rotatable bonds is 8. The zero-order valence-electron chi connectivity index (χ0n) is 13.8. The van der Waals surface area contributed by atoms with E-state index in [-0.39, 0.29) is 0 Å². The first-order valence-corrected chi connectivity index (χ1v) is 8.52. The van der Waals surface area contributed by atoms with Crippen molar-refractivity contribution < 1.29 is 14.7 Å². The molecule has 0 saturated heterocycles. The molecule has 1 aliphatic carbocycles. The molecule has 0 aliphatic heterocycles. The summed E-state index contributed by atoms with van der Waals surface area (Å²) < 4.78 is 5.83. The third-order valence-electron chi connectivity index (χ3n) is 4.63. The summed E-state index contributed by atoms with van der Waals surface area (Å²) >= 11 is 0. The molecule has 2 atom stereocenters. The van der Waals surface area contributed by atoms with Gasteiger partial charge in [-0.2, -0.15) is 0 Å². The van der Waals surface area contributed by atoms with Gasteiger partial charge in [0.15, 0.2) is 0 Å². The zero-order valence-corrected chi connectivity index (χ0v) is 13.8. The molecule has 22 heavy (non-hydrogen) atoms. The highest BCUT2D eigenvalue weighted by molar-refractivity contribution is 5.34. The molecule has 0 spiro atoms. The monoisotopic (exact) mass is 304 g/mol. The Bertz CT molecular complexity index is 455. The predicted octanol–water partition coefficient (Wildman–Crippen LogP) is 2.00. The third-order valence-corrected chi connectivity index (χ3v) is 4.63. The van der Waals surface area contributed by atoms with E-state index in [2.05, 4.69) is 13.6 Å². The average Bonchev–Trinajstić information content (AvgIpc) is 2.55. The normalized spacial score (nSPS) is 18.6. The molecule has 122 valence electrons. The highest BCUT2D eigenvalue weighted by Crippen LogP contribution is 2.19. The second kappa shape index (κ2) is 8.96. The lowest BCUT2D eigenvalue weighted by atomic mass is 9.94. The quantitative estimate of drug-likeness (QED) is 0.720. The van der Waals surface area contributed by atoms with E-state index in [1.54, 1.807) is 0 Å². The fourth-order valence-electron chi connectivity index (χ4n) is 3.35.